The molecule has 2 aliphatic rings. The second-order valence-electron chi connectivity index (χ2n) is 10.2. The van der Waals surface area contributed by atoms with Gasteiger partial charge >= 0.3 is 5.63 Å². The van der Waals surface area contributed by atoms with Crippen LogP contribution in [0.2, 0.25) is 0 Å². The van der Waals surface area contributed by atoms with E-state index in [-0.39, 0.29) is 22.3 Å². The summed E-state index contributed by atoms with van der Waals surface area (Å²) in [6.45, 7) is 0.330. The number of phenolic OH excluding ortho intramolecular Hbond substituents is 1. The van der Waals surface area contributed by atoms with E-state index in [1.54, 1.807) is 25.1 Å². The molecule has 42 heavy (non-hydrogen) atoms. The maximum atomic E-state index is 12.6. The van der Waals surface area contributed by atoms with Gasteiger partial charge in [-0.1, -0.05) is 0 Å². The van der Waals surface area contributed by atoms with Gasteiger partial charge in [0.25, 0.3) is 0 Å². The first-order valence-electron chi connectivity index (χ1n) is 13.0. The first-order chi connectivity index (χ1) is 19.9. The summed E-state index contributed by atoms with van der Waals surface area (Å²) < 4.78 is 32.8. The van der Waals surface area contributed by atoms with Crippen LogP contribution in [0.5, 0.6) is 17.2 Å². The fourth-order valence-electron chi connectivity index (χ4n) is 5.14. The van der Waals surface area contributed by atoms with Crippen molar-refractivity contribution < 1.29 is 69.0 Å². The number of ether oxygens (including phenoxy) is 5. The van der Waals surface area contributed by atoms with Crippen LogP contribution in [0.25, 0.3) is 21.5 Å². The number of benzene rings is 2. The van der Waals surface area contributed by atoms with Gasteiger partial charge in [0.2, 0.25) is 6.29 Å². The molecule has 2 fully saturated rings. The number of aliphatic hydroxyl groups excluding tert-OH is 7. The topological polar surface area (TPSA) is 238 Å². The highest BCUT2D eigenvalue weighted by Gasteiger charge is 2.48. The van der Waals surface area contributed by atoms with Crippen molar-refractivity contribution in [2.24, 2.45) is 0 Å². The summed E-state index contributed by atoms with van der Waals surface area (Å²) in [6.07, 6.45) is -16.2. The van der Waals surface area contributed by atoms with Crippen LogP contribution in [0.3, 0.4) is 0 Å². The molecule has 1 aromatic heterocycles. The molecule has 0 amide bonds. The van der Waals surface area contributed by atoms with Gasteiger partial charge in [-0.05, 0) is 35.9 Å². The molecule has 0 aliphatic carbocycles. The Morgan fingerprint density at radius 1 is 0.786 bits per heavy atom. The molecule has 230 valence electrons. The van der Waals surface area contributed by atoms with Crippen molar-refractivity contribution in [3.05, 3.63) is 40.4 Å². The quantitative estimate of drug-likeness (QED) is 0.137. The molecule has 15 nitrogen and oxygen atoms in total. The molecule has 10 atom stereocenters. The maximum absolute atomic E-state index is 12.6. The maximum Gasteiger partial charge on any atom is 0.347 e. The van der Waals surface area contributed by atoms with Gasteiger partial charge in [0, 0.05) is 6.07 Å². The van der Waals surface area contributed by atoms with Gasteiger partial charge in [-0.25, -0.2) is 4.79 Å². The number of fused-ring (bicyclic) bond motifs is 2. The number of rotatable bonds is 7. The number of hydrogen-bond donors (Lipinski definition) is 8. The Hall–Kier alpha value is -3.09. The first kappa shape index (κ1) is 30.4. The minimum Gasteiger partial charge on any atom is -0.506 e. The highest BCUT2D eigenvalue weighted by Crippen LogP contribution is 2.42. The Morgan fingerprint density at radius 3 is 2.07 bits per heavy atom. The molecule has 3 heterocycles. The molecular formula is C27H32O15. The van der Waals surface area contributed by atoms with Crippen molar-refractivity contribution in [3.8, 4) is 17.2 Å². The van der Waals surface area contributed by atoms with Crippen molar-refractivity contribution in [1.82, 2.24) is 0 Å². The van der Waals surface area contributed by atoms with Gasteiger partial charge in [0.15, 0.2) is 6.29 Å². The van der Waals surface area contributed by atoms with E-state index < -0.39 is 86.0 Å². The lowest BCUT2D eigenvalue weighted by atomic mass is 9.98. The van der Waals surface area contributed by atoms with Gasteiger partial charge in [0.05, 0.1) is 25.7 Å². The predicted octanol–water partition coefficient (Wildman–Crippen LogP) is -2.03. The highest BCUT2D eigenvalue weighted by atomic mass is 16.7. The minimum atomic E-state index is -1.81. The lowest BCUT2D eigenvalue weighted by molar-refractivity contribution is -0.323. The molecule has 15 heteroatoms. The molecule has 0 saturated carbocycles. The lowest BCUT2D eigenvalue weighted by Crippen LogP contribution is -2.62. The van der Waals surface area contributed by atoms with E-state index in [0.717, 1.165) is 0 Å². The molecule has 2 saturated heterocycles. The largest absolute Gasteiger partial charge is 0.506 e. The molecule has 0 unspecified atom stereocenters. The number of phenols is 1. The third kappa shape index (κ3) is 5.40. The van der Waals surface area contributed by atoms with E-state index in [9.17, 15) is 45.6 Å². The zero-order valence-corrected chi connectivity index (χ0v) is 22.4. The lowest BCUT2D eigenvalue weighted by Gasteiger charge is -2.42. The number of methoxy groups -OCH3 is 1. The van der Waals surface area contributed by atoms with Crippen LogP contribution in [0.4, 0.5) is 0 Å². The summed E-state index contributed by atoms with van der Waals surface area (Å²) in [4.78, 5) is 12.6. The molecule has 8 N–H and O–H groups in total. The van der Waals surface area contributed by atoms with Gasteiger partial charge in [-0.2, -0.15) is 0 Å². The molecule has 5 rings (SSSR count). The minimum absolute atomic E-state index is 0.0463. The van der Waals surface area contributed by atoms with E-state index in [0.29, 0.717) is 16.5 Å². The first-order valence-corrected chi connectivity index (χ1v) is 13.0. The predicted molar refractivity (Wildman–Crippen MR) is 140 cm³/mol. The Bertz CT molecular complexity index is 1490. The fourth-order valence-corrected chi connectivity index (χ4v) is 5.14. The Morgan fingerprint density at radius 2 is 1.40 bits per heavy atom. The normalized spacial score (nSPS) is 33.6. The summed E-state index contributed by atoms with van der Waals surface area (Å²) in [5.74, 6) is 0.0328. The van der Waals surface area contributed by atoms with Crippen LogP contribution in [-0.2, 0) is 14.2 Å². The van der Waals surface area contributed by atoms with Crippen LogP contribution >= 0.6 is 0 Å². The van der Waals surface area contributed by atoms with E-state index in [4.69, 9.17) is 28.1 Å². The number of aliphatic hydroxyl groups is 7. The molecule has 2 aliphatic heterocycles. The van der Waals surface area contributed by atoms with Crippen LogP contribution in [-0.4, -0.2) is 123 Å². The second kappa shape index (κ2) is 11.9. The molecule has 0 bridgehead atoms. The third-order valence-electron chi connectivity index (χ3n) is 7.42. The average molecular weight is 597 g/mol. The average Bonchev–Trinajstić information content (AvgIpc) is 2.95. The summed E-state index contributed by atoms with van der Waals surface area (Å²) in [7, 11) is 1.39. The summed E-state index contributed by atoms with van der Waals surface area (Å²) in [5, 5.41) is 83.1. The van der Waals surface area contributed by atoms with Gasteiger partial charge in [-0.3, -0.25) is 0 Å². The highest BCUT2D eigenvalue weighted by molar-refractivity contribution is 6.07. The number of aromatic hydroxyl groups is 1. The van der Waals surface area contributed by atoms with Crippen LogP contribution in [0.1, 0.15) is 5.76 Å². The Kier molecular flexibility index (Phi) is 8.60. The van der Waals surface area contributed by atoms with Crippen LogP contribution < -0.4 is 15.1 Å². The summed E-state index contributed by atoms with van der Waals surface area (Å²) >= 11 is 0. The summed E-state index contributed by atoms with van der Waals surface area (Å²) in [6, 6.07) is 6.12. The van der Waals surface area contributed by atoms with Crippen molar-refractivity contribution in [2.45, 2.75) is 68.3 Å². The van der Waals surface area contributed by atoms with E-state index in [2.05, 4.69) is 0 Å². The molecular weight excluding hydrogens is 564 g/mol. The Balaban J connectivity index is 1.44. The second-order valence-corrected chi connectivity index (χ2v) is 10.2. The van der Waals surface area contributed by atoms with Gasteiger partial charge in [0.1, 0.15) is 77.2 Å². The molecule has 0 radical (unpaired) electrons. The zero-order chi connectivity index (χ0) is 30.5. The standard InChI is InChI=1S/C27H32O15/c1-9-3-10-4-11-5-12(37-2)6-13(16(11)20(31)17(10)25(36)39-9)40-27-24(35)22(33)19(30)15(42-27)8-38-26-23(34)21(32)18(29)14(7-28)41-26/h3-6,14-15,18-19,21-24,26-35H,7-8H2,1-2H3/t14-,15-,18-,19-,21-,22-,23+,24-,26+,27-/m0/s1. The third-order valence-corrected chi connectivity index (χ3v) is 7.42. The van der Waals surface area contributed by atoms with Crippen LogP contribution in [0, 0.1) is 6.92 Å². The van der Waals surface area contributed by atoms with Gasteiger partial charge < -0.3 is 69.0 Å². The molecule has 2 aromatic carbocycles. The van der Waals surface area contributed by atoms with E-state index in [1.165, 1.54) is 13.2 Å². The van der Waals surface area contributed by atoms with Gasteiger partial charge in [-0.15, -0.1) is 0 Å². The van der Waals surface area contributed by atoms with Crippen molar-refractivity contribution >= 4 is 21.5 Å². The van der Waals surface area contributed by atoms with Crippen molar-refractivity contribution in [3.63, 3.8) is 0 Å². The van der Waals surface area contributed by atoms with Crippen molar-refractivity contribution in [2.75, 3.05) is 20.3 Å². The zero-order valence-electron chi connectivity index (χ0n) is 22.4. The van der Waals surface area contributed by atoms with E-state index >= 15 is 0 Å². The SMILES string of the molecule is COc1cc(O[C@H]2O[C@@H](CO[C@@H]3O[C@@H](CO)[C@H](O)[C@H](O)[C@H]3O)[C@H](O)[C@H](O)[C@@H]2O)c2c(O)c3c(=O)oc(C)cc3cc2c1. The van der Waals surface area contributed by atoms with E-state index in [1.807, 2.05) is 0 Å². The monoisotopic (exact) mass is 596 g/mol. The Labute approximate surface area is 237 Å². The molecule has 0 spiro atoms. The van der Waals surface area contributed by atoms with Crippen LogP contribution in [0.15, 0.2) is 33.5 Å². The summed E-state index contributed by atoms with van der Waals surface area (Å²) in [5.41, 5.74) is -0.788. The number of aryl methyl sites for hydroxylation is 1. The number of hydrogen-bond acceptors (Lipinski definition) is 15. The fraction of sp³-hybridized carbons (Fsp3) is 0.519. The van der Waals surface area contributed by atoms with Crippen molar-refractivity contribution in [1.29, 1.82) is 0 Å². The molecule has 3 aromatic rings. The smallest absolute Gasteiger partial charge is 0.347 e.